The summed E-state index contributed by atoms with van der Waals surface area (Å²) in [4.78, 5) is 1.26. The average molecular weight is 309 g/mol. The second-order valence-corrected chi connectivity index (χ2v) is 5.87. The van der Waals surface area contributed by atoms with E-state index in [1.807, 2.05) is 12.1 Å². The molecule has 0 aliphatic rings. The van der Waals surface area contributed by atoms with Crippen molar-refractivity contribution < 1.29 is 4.74 Å². The molecule has 0 aliphatic carbocycles. The molecule has 3 aromatic carbocycles. The Hall–Kier alpha value is -2.13. The van der Waals surface area contributed by atoms with E-state index in [-0.39, 0.29) is 0 Å². The number of para-hydroxylation sites is 1. The summed E-state index contributed by atoms with van der Waals surface area (Å²) in [6.45, 7) is 0.794. The summed E-state index contributed by atoms with van der Waals surface area (Å²) < 4.78 is 5.46. The number of ether oxygens (including phenoxy) is 1. The second-order valence-electron chi connectivity index (χ2n) is 5.03. The van der Waals surface area contributed by atoms with Crippen LogP contribution in [0.2, 0.25) is 0 Å². The third-order valence-electron chi connectivity index (χ3n) is 3.77. The van der Waals surface area contributed by atoms with Gasteiger partial charge < -0.3 is 10.1 Å². The first-order valence-electron chi connectivity index (χ1n) is 7.25. The van der Waals surface area contributed by atoms with Crippen LogP contribution in [0.15, 0.2) is 65.6 Å². The Bertz CT molecular complexity index is 785. The number of benzene rings is 3. The van der Waals surface area contributed by atoms with Gasteiger partial charge in [-0.15, -0.1) is 11.8 Å². The van der Waals surface area contributed by atoms with Gasteiger partial charge in [0, 0.05) is 22.5 Å². The Balaban J connectivity index is 1.91. The van der Waals surface area contributed by atoms with Crippen molar-refractivity contribution in [2.24, 2.45) is 0 Å². The van der Waals surface area contributed by atoms with E-state index in [0.717, 1.165) is 17.7 Å². The molecule has 0 unspecified atom stereocenters. The zero-order valence-corrected chi connectivity index (χ0v) is 13.6. The molecule has 112 valence electrons. The van der Waals surface area contributed by atoms with Gasteiger partial charge in [-0.3, -0.25) is 0 Å². The topological polar surface area (TPSA) is 21.3 Å². The largest absolute Gasteiger partial charge is 0.496 e. The van der Waals surface area contributed by atoms with Crippen molar-refractivity contribution in [1.82, 2.24) is 0 Å². The highest BCUT2D eigenvalue weighted by Gasteiger charge is 2.06. The van der Waals surface area contributed by atoms with Gasteiger partial charge in [0.05, 0.1) is 7.11 Å². The second kappa shape index (κ2) is 6.75. The third kappa shape index (κ3) is 2.90. The van der Waals surface area contributed by atoms with E-state index < -0.39 is 0 Å². The minimum absolute atomic E-state index is 0.794. The molecule has 3 heteroatoms. The van der Waals surface area contributed by atoms with Crippen LogP contribution >= 0.6 is 11.8 Å². The zero-order chi connectivity index (χ0) is 15.4. The van der Waals surface area contributed by atoms with Crippen LogP contribution in [-0.2, 0) is 6.54 Å². The minimum Gasteiger partial charge on any atom is -0.496 e. The van der Waals surface area contributed by atoms with E-state index in [2.05, 4.69) is 60.1 Å². The normalized spacial score (nSPS) is 10.6. The Morgan fingerprint density at radius 2 is 1.64 bits per heavy atom. The number of hydrogen-bond donors (Lipinski definition) is 1. The van der Waals surface area contributed by atoms with Gasteiger partial charge in [-0.1, -0.05) is 42.5 Å². The third-order valence-corrected chi connectivity index (χ3v) is 4.57. The van der Waals surface area contributed by atoms with Crippen LogP contribution in [0.3, 0.4) is 0 Å². The molecular formula is C19H19NOS. The number of fused-ring (bicyclic) bond motifs is 1. The summed E-state index contributed by atoms with van der Waals surface area (Å²) in [7, 11) is 1.72. The van der Waals surface area contributed by atoms with Crippen molar-refractivity contribution in [3.63, 3.8) is 0 Å². The number of nitrogens with one attached hydrogen (secondary N) is 1. The van der Waals surface area contributed by atoms with Crippen LogP contribution in [0.5, 0.6) is 5.75 Å². The molecule has 0 radical (unpaired) electrons. The maximum atomic E-state index is 5.46. The predicted octanol–water partition coefficient (Wildman–Crippen LogP) is 5.18. The van der Waals surface area contributed by atoms with Crippen LogP contribution < -0.4 is 10.1 Å². The highest BCUT2D eigenvalue weighted by molar-refractivity contribution is 7.98. The Morgan fingerprint density at radius 3 is 2.41 bits per heavy atom. The van der Waals surface area contributed by atoms with Crippen molar-refractivity contribution in [1.29, 1.82) is 0 Å². The maximum absolute atomic E-state index is 5.46. The fourth-order valence-electron chi connectivity index (χ4n) is 2.65. The maximum Gasteiger partial charge on any atom is 0.126 e. The lowest BCUT2D eigenvalue weighted by Gasteiger charge is -2.13. The fourth-order valence-corrected chi connectivity index (χ4v) is 3.22. The number of anilines is 1. The first-order chi connectivity index (χ1) is 10.8. The number of rotatable bonds is 5. The zero-order valence-electron chi connectivity index (χ0n) is 12.8. The molecule has 22 heavy (non-hydrogen) atoms. The van der Waals surface area contributed by atoms with Crippen LogP contribution in [-0.4, -0.2) is 13.4 Å². The number of hydrogen-bond acceptors (Lipinski definition) is 3. The lowest BCUT2D eigenvalue weighted by Crippen LogP contribution is -2.01. The lowest BCUT2D eigenvalue weighted by molar-refractivity contribution is 0.419. The van der Waals surface area contributed by atoms with Crippen molar-refractivity contribution in [2.45, 2.75) is 11.4 Å². The summed E-state index contributed by atoms with van der Waals surface area (Å²) in [5.74, 6) is 0.920. The molecule has 0 bridgehead atoms. The standard InChI is InChI=1S/C19H19NOS/c1-21-18-12-11-14(15-7-3-4-8-16(15)18)13-20-17-9-5-6-10-19(17)22-2/h3-12,20H,13H2,1-2H3. The quantitative estimate of drug-likeness (QED) is 0.656. The molecule has 3 rings (SSSR count). The van der Waals surface area contributed by atoms with Crippen molar-refractivity contribution in [3.05, 3.63) is 66.2 Å². The number of methoxy groups -OCH3 is 1. The van der Waals surface area contributed by atoms with E-state index >= 15 is 0 Å². The predicted molar refractivity (Wildman–Crippen MR) is 96.0 cm³/mol. The first kappa shape index (κ1) is 14.8. The molecule has 0 aliphatic heterocycles. The molecule has 3 aromatic rings. The van der Waals surface area contributed by atoms with Gasteiger partial charge in [-0.2, -0.15) is 0 Å². The fraction of sp³-hybridized carbons (Fsp3) is 0.158. The van der Waals surface area contributed by atoms with Crippen LogP contribution in [0, 0.1) is 0 Å². The van der Waals surface area contributed by atoms with E-state index in [4.69, 9.17) is 4.74 Å². The lowest BCUT2D eigenvalue weighted by atomic mass is 10.0. The monoisotopic (exact) mass is 309 g/mol. The molecule has 0 amide bonds. The van der Waals surface area contributed by atoms with Gasteiger partial charge >= 0.3 is 0 Å². The molecule has 0 atom stereocenters. The molecule has 0 saturated carbocycles. The summed E-state index contributed by atoms with van der Waals surface area (Å²) >= 11 is 1.76. The molecule has 0 aromatic heterocycles. The smallest absolute Gasteiger partial charge is 0.126 e. The summed E-state index contributed by atoms with van der Waals surface area (Å²) in [5.41, 5.74) is 2.45. The molecule has 0 saturated heterocycles. The number of thioether (sulfide) groups is 1. The van der Waals surface area contributed by atoms with Gasteiger partial charge in [0.2, 0.25) is 0 Å². The minimum atomic E-state index is 0.794. The van der Waals surface area contributed by atoms with E-state index in [0.29, 0.717) is 0 Å². The Kier molecular flexibility index (Phi) is 4.54. The van der Waals surface area contributed by atoms with Crippen LogP contribution in [0.25, 0.3) is 10.8 Å². The van der Waals surface area contributed by atoms with E-state index in [9.17, 15) is 0 Å². The van der Waals surface area contributed by atoms with Crippen molar-refractivity contribution >= 4 is 28.2 Å². The van der Waals surface area contributed by atoms with Gasteiger partial charge in [0.25, 0.3) is 0 Å². The first-order valence-corrected chi connectivity index (χ1v) is 8.47. The Morgan fingerprint density at radius 1 is 0.909 bits per heavy atom. The van der Waals surface area contributed by atoms with E-state index in [1.165, 1.54) is 21.5 Å². The van der Waals surface area contributed by atoms with Gasteiger partial charge in [0.1, 0.15) is 5.75 Å². The van der Waals surface area contributed by atoms with E-state index in [1.54, 1.807) is 18.9 Å². The van der Waals surface area contributed by atoms with Crippen molar-refractivity contribution in [3.8, 4) is 5.75 Å². The SMILES string of the molecule is COc1ccc(CNc2ccccc2SC)c2ccccc12. The highest BCUT2D eigenvalue weighted by Crippen LogP contribution is 2.30. The van der Waals surface area contributed by atoms with Crippen molar-refractivity contribution in [2.75, 3.05) is 18.7 Å². The molecule has 0 spiro atoms. The highest BCUT2D eigenvalue weighted by atomic mass is 32.2. The summed E-state index contributed by atoms with van der Waals surface area (Å²) in [6.07, 6.45) is 2.10. The molecule has 0 fully saturated rings. The van der Waals surface area contributed by atoms with Crippen LogP contribution in [0.4, 0.5) is 5.69 Å². The average Bonchev–Trinajstić information content (AvgIpc) is 2.59. The molecular weight excluding hydrogens is 290 g/mol. The Labute approximate surface area is 135 Å². The molecule has 1 N–H and O–H groups in total. The van der Waals surface area contributed by atoms with Crippen LogP contribution in [0.1, 0.15) is 5.56 Å². The molecule has 2 nitrogen and oxygen atoms in total. The summed E-state index contributed by atoms with van der Waals surface area (Å²) in [6, 6.07) is 20.9. The molecule has 0 heterocycles. The summed E-state index contributed by atoms with van der Waals surface area (Å²) in [5, 5.41) is 5.94. The van der Waals surface area contributed by atoms with Gasteiger partial charge in [0.15, 0.2) is 0 Å². The van der Waals surface area contributed by atoms with Gasteiger partial charge in [-0.05, 0) is 35.4 Å². The van der Waals surface area contributed by atoms with Gasteiger partial charge in [-0.25, -0.2) is 0 Å².